The Morgan fingerprint density at radius 3 is 2.77 bits per heavy atom. The molecule has 6 nitrogen and oxygen atoms in total. The third-order valence-electron chi connectivity index (χ3n) is 5.85. The van der Waals surface area contributed by atoms with Gasteiger partial charge in [-0.2, -0.15) is 0 Å². The van der Waals surface area contributed by atoms with Gasteiger partial charge in [0.25, 0.3) is 5.91 Å². The molecule has 1 atom stereocenters. The molecule has 158 valence electrons. The fourth-order valence-electron chi connectivity index (χ4n) is 4.28. The number of benzene rings is 2. The number of hydrogen-bond donors (Lipinski definition) is 0. The van der Waals surface area contributed by atoms with Gasteiger partial charge >= 0.3 is 0 Å². The highest BCUT2D eigenvalue weighted by atomic mass is 16.5. The number of anilines is 1. The average Bonchev–Trinajstić information content (AvgIpc) is 3.17. The highest BCUT2D eigenvalue weighted by Gasteiger charge is 2.27. The first-order valence-corrected chi connectivity index (χ1v) is 10.7. The van der Waals surface area contributed by atoms with Crippen LogP contribution in [-0.2, 0) is 11.3 Å². The van der Waals surface area contributed by atoms with Crippen LogP contribution in [0.4, 0.5) is 5.69 Å². The van der Waals surface area contributed by atoms with Crippen LogP contribution in [0, 0.1) is 0 Å². The molecule has 1 saturated heterocycles. The number of fused-ring (bicyclic) bond motifs is 1. The van der Waals surface area contributed by atoms with Crippen molar-refractivity contribution in [1.29, 1.82) is 0 Å². The summed E-state index contributed by atoms with van der Waals surface area (Å²) in [6.45, 7) is 5.65. The van der Waals surface area contributed by atoms with E-state index in [4.69, 9.17) is 4.74 Å². The van der Waals surface area contributed by atoms with Gasteiger partial charge in [0.2, 0.25) is 5.91 Å². The maximum atomic E-state index is 13.0. The van der Waals surface area contributed by atoms with E-state index < -0.39 is 0 Å². The lowest BCUT2D eigenvalue weighted by Gasteiger charge is -2.37. The van der Waals surface area contributed by atoms with Gasteiger partial charge in [-0.3, -0.25) is 9.59 Å². The molecule has 2 heterocycles. The van der Waals surface area contributed by atoms with E-state index in [-0.39, 0.29) is 17.9 Å². The molecule has 4 rings (SSSR count). The van der Waals surface area contributed by atoms with E-state index >= 15 is 0 Å². The minimum absolute atomic E-state index is 0.0323. The van der Waals surface area contributed by atoms with Gasteiger partial charge in [0.05, 0.1) is 18.8 Å². The van der Waals surface area contributed by atoms with Crippen molar-refractivity contribution in [2.45, 2.75) is 32.4 Å². The number of para-hydroxylation sites is 2. The number of likely N-dealkylation sites (N-methyl/N-ethyl adjacent to an activating group) is 2. The minimum atomic E-state index is -0.0841. The fourth-order valence-corrected chi connectivity index (χ4v) is 4.28. The van der Waals surface area contributed by atoms with Crippen LogP contribution in [-0.4, -0.2) is 60.9 Å². The lowest BCUT2D eigenvalue weighted by Crippen LogP contribution is -2.46. The van der Waals surface area contributed by atoms with Gasteiger partial charge < -0.3 is 19.4 Å². The second-order valence-electron chi connectivity index (χ2n) is 8.05. The van der Waals surface area contributed by atoms with Crippen molar-refractivity contribution in [3.05, 3.63) is 59.7 Å². The summed E-state index contributed by atoms with van der Waals surface area (Å²) in [4.78, 5) is 30.8. The number of carbonyl (C=O) groups excluding carboxylic acids is 2. The molecule has 6 heteroatoms. The summed E-state index contributed by atoms with van der Waals surface area (Å²) in [7, 11) is 1.82. The van der Waals surface area contributed by atoms with Crippen LogP contribution in [0.3, 0.4) is 0 Å². The SMILES string of the molecule is CCN1CC(CN(C)C(=O)c2cccc(CN3CCCC3=O)c2)Oc2ccccc21. The van der Waals surface area contributed by atoms with Gasteiger partial charge in [-0.05, 0) is 43.2 Å². The third-order valence-corrected chi connectivity index (χ3v) is 5.85. The Morgan fingerprint density at radius 1 is 1.17 bits per heavy atom. The maximum Gasteiger partial charge on any atom is 0.253 e. The normalized spacial score (nSPS) is 18.2. The first-order chi connectivity index (χ1) is 14.5. The molecule has 0 radical (unpaired) electrons. The van der Waals surface area contributed by atoms with Gasteiger partial charge in [0, 0.05) is 38.7 Å². The van der Waals surface area contributed by atoms with Gasteiger partial charge in [0.15, 0.2) is 0 Å². The number of hydrogen-bond acceptors (Lipinski definition) is 4. The Balaban J connectivity index is 1.41. The van der Waals surface area contributed by atoms with Gasteiger partial charge in [-0.25, -0.2) is 0 Å². The van der Waals surface area contributed by atoms with Crippen molar-refractivity contribution in [2.75, 3.05) is 38.1 Å². The second-order valence-corrected chi connectivity index (χ2v) is 8.05. The Hall–Kier alpha value is -3.02. The smallest absolute Gasteiger partial charge is 0.253 e. The summed E-state index contributed by atoms with van der Waals surface area (Å²) < 4.78 is 6.17. The van der Waals surface area contributed by atoms with Crippen molar-refractivity contribution >= 4 is 17.5 Å². The number of nitrogens with zero attached hydrogens (tertiary/aromatic N) is 3. The molecule has 2 aromatic rings. The Bertz CT molecular complexity index is 929. The van der Waals surface area contributed by atoms with E-state index in [2.05, 4.69) is 17.9 Å². The first kappa shape index (κ1) is 20.3. The lowest BCUT2D eigenvalue weighted by atomic mass is 10.1. The molecule has 2 aliphatic rings. The quantitative estimate of drug-likeness (QED) is 0.738. The van der Waals surface area contributed by atoms with Crippen LogP contribution in [0.1, 0.15) is 35.7 Å². The summed E-state index contributed by atoms with van der Waals surface area (Å²) in [5.74, 6) is 1.03. The van der Waals surface area contributed by atoms with E-state index in [1.54, 1.807) is 4.90 Å². The van der Waals surface area contributed by atoms with E-state index in [9.17, 15) is 9.59 Å². The second kappa shape index (κ2) is 8.78. The zero-order valence-electron chi connectivity index (χ0n) is 17.7. The van der Waals surface area contributed by atoms with E-state index in [1.165, 1.54) is 0 Å². The van der Waals surface area contributed by atoms with E-state index in [0.29, 0.717) is 25.1 Å². The Kier molecular flexibility index (Phi) is 5.93. The molecule has 2 amide bonds. The summed E-state index contributed by atoms with van der Waals surface area (Å²) >= 11 is 0. The van der Waals surface area contributed by atoms with Crippen LogP contribution in [0.5, 0.6) is 5.75 Å². The standard InChI is InChI=1S/C24H29N3O3/c1-3-26-17-20(30-22-11-5-4-10-21(22)26)16-25(2)24(29)19-9-6-8-18(14-19)15-27-13-7-12-23(27)28/h4-6,8-11,14,20H,3,7,12-13,15-17H2,1-2H3. The van der Waals surface area contributed by atoms with Crippen LogP contribution >= 0.6 is 0 Å². The third kappa shape index (κ3) is 4.27. The number of rotatable bonds is 6. The summed E-state index contributed by atoms with van der Waals surface area (Å²) in [6.07, 6.45) is 1.46. The highest BCUT2D eigenvalue weighted by molar-refractivity contribution is 5.94. The van der Waals surface area contributed by atoms with Gasteiger partial charge in [-0.1, -0.05) is 24.3 Å². The maximum absolute atomic E-state index is 13.0. The summed E-state index contributed by atoms with van der Waals surface area (Å²) in [5.41, 5.74) is 2.74. The highest BCUT2D eigenvalue weighted by Crippen LogP contribution is 2.33. The monoisotopic (exact) mass is 407 g/mol. The zero-order valence-corrected chi connectivity index (χ0v) is 17.7. The molecule has 0 saturated carbocycles. The summed E-state index contributed by atoms with van der Waals surface area (Å²) in [6, 6.07) is 15.6. The lowest BCUT2D eigenvalue weighted by molar-refractivity contribution is -0.128. The van der Waals surface area contributed by atoms with Crippen LogP contribution in [0.15, 0.2) is 48.5 Å². The average molecular weight is 408 g/mol. The molecule has 1 unspecified atom stereocenters. The predicted octanol–water partition coefficient (Wildman–Crippen LogP) is 3.17. The largest absolute Gasteiger partial charge is 0.485 e. The minimum Gasteiger partial charge on any atom is -0.485 e. The van der Waals surface area contributed by atoms with E-state index in [1.807, 2.05) is 54.4 Å². The molecular weight excluding hydrogens is 378 g/mol. The molecule has 2 aromatic carbocycles. The topological polar surface area (TPSA) is 53.1 Å². The molecule has 0 aliphatic carbocycles. The molecule has 0 aromatic heterocycles. The number of ether oxygens (including phenoxy) is 1. The molecule has 0 bridgehead atoms. The van der Waals surface area contributed by atoms with Crippen LogP contribution in [0.25, 0.3) is 0 Å². The Morgan fingerprint density at radius 2 is 2.00 bits per heavy atom. The van der Waals surface area contributed by atoms with Crippen molar-refractivity contribution in [2.24, 2.45) is 0 Å². The number of likely N-dealkylation sites (tertiary alicyclic amines) is 1. The molecular formula is C24H29N3O3. The predicted molar refractivity (Wildman–Crippen MR) is 117 cm³/mol. The Labute approximate surface area is 178 Å². The van der Waals surface area contributed by atoms with Crippen molar-refractivity contribution in [3.63, 3.8) is 0 Å². The van der Waals surface area contributed by atoms with Crippen LogP contribution in [0.2, 0.25) is 0 Å². The van der Waals surface area contributed by atoms with Gasteiger partial charge in [0.1, 0.15) is 11.9 Å². The first-order valence-electron chi connectivity index (χ1n) is 10.7. The summed E-state index contributed by atoms with van der Waals surface area (Å²) in [5, 5.41) is 0. The van der Waals surface area contributed by atoms with Crippen molar-refractivity contribution < 1.29 is 14.3 Å². The zero-order chi connectivity index (χ0) is 21.1. The van der Waals surface area contributed by atoms with E-state index in [0.717, 1.165) is 43.1 Å². The van der Waals surface area contributed by atoms with Crippen molar-refractivity contribution in [3.8, 4) is 5.75 Å². The molecule has 30 heavy (non-hydrogen) atoms. The number of amides is 2. The molecule has 2 aliphatic heterocycles. The molecule has 0 N–H and O–H groups in total. The van der Waals surface area contributed by atoms with Gasteiger partial charge in [-0.15, -0.1) is 0 Å². The molecule has 0 spiro atoms. The molecule has 1 fully saturated rings. The van der Waals surface area contributed by atoms with Crippen LogP contribution < -0.4 is 9.64 Å². The number of carbonyl (C=O) groups is 2. The fraction of sp³-hybridized carbons (Fsp3) is 0.417. The van der Waals surface area contributed by atoms with Crippen molar-refractivity contribution in [1.82, 2.24) is 9.80 Å².